The molecule has 0 saturated heterocycles. The quantitative estimate of drug-likeness (QED) is 0.651. The number of aryl methyl sites for hydroxylation is 1. The summed E-state index contributed by atoms with van der Waals surface area (Å²) in [4.78, 5) is 23.9. The number of hydrogen-bond acceptors (Lipinski definition) is 7. The number of alkyl halides is 3. The molecule has 3 aromatic heterocycles. The molecule has 0 aromatic carbocycles. The summed E-state index contributed by atoms with van der Waals surface area (Å²) in [5, 5.41) is 6.55. The van der Waals surface area contributed by atoms with E-state index in [4.69, 9.17) is 4.74 Å². The summed E-state index contributed by atoms with van der Waals surface area (Å²) in [6.07, 6.45) is -2.75. The SMILES string of the molecule is COC(=O)c1ccc(CNc2cc(C)nc3nc(C(F)(F)F)nn23)nc1C1CC1. The highest BCUT2D eigenvalue weighted by Crippen LogP contribution is 2.40. The molecule has 1 fully saturated rings. The summed E-state index contributed by atoms with van der Waals surface area (Å²) >= 11 is 0. The number of anilines is 1. The molecule has 3 heterocycles. The fourth-order valence-corrected chi connectivity index (χ4v) is 2.98. The summed E-state index contributed by atoms with van der Waals surface area (Å²) < 4.78 is 44.6. The van der Waals surface area contributed by atoms with Crippen molar-refractivity contribution in [3.63, 3.8) is 0 Å². The van der Waals surface area contributed by atoms with Crippen LogP contribution in [0.2, 0.25) is 0 Å². The van der Waals surface area contributed by atoms with Gasteiger partial charge < -0.3 is 10.1 Å². The zero-order valence-corrected chi connectivity index (χ0v) is 15.6. The lowest BCUT2D eigenvalue weighted by Crippen LogP contribution is -2.12. The minimum Gasteiger partial charge on any atom is -0.465 e. The second-order valence-corrected chi connectivity index (χ2v) is 6.78. The van der Waals surface area contributed by atoms with E-state index in [0.717, 1.165) is 17.4 Å². The molecule has 4 rings (SSSR count). The molecule has 152 valence electrons. The van der Waals surface area contributed by atoms with Gasteiger partial charge in [0.1, 0.15) is 5.82 Å². The molecule has 1 saturated carbocycles. The van der Waals surface area contributed by atoms with Crippen LogP contribution in [0.1, 0.15) is 52.0 Å². The van der Waals surface area contributed by atoms with Crippen LogP contribution in [0.25, 0.3) is 5.78 Å². The number of carbonyl (C=O) groups excluding carboxylic acids is 1. The summed E-state index contributed by atoms with van der Waals surface area (Å²) in [6.45, 7) is 1.88. The van der Waals surface area contributed by atoms with Crippen molar-refractivity contribution in [2.24, 2.45) is 0 Å². The third kappa shape index (κ3) is 3.84. The number of fused-ring (bicyclic) bond motifs is 1. The number of pyridine rings is 1. The van der Waals surface area contributed by atoms with Gasteiger partial charge in [-0.1, -0.05) is 0 Å². The van der Waals surface area contributed by atoms with Gasteiger partial charge in [0, 0.05) is 17.7 Å². The Morgan fingerprint density at radius 2 is 2.03 bits per heavy atom. The lowest BCUT2D eigenvalue weighted by atomic mass is 10.1. The Balaban J connectivity index is 1.62. The molecule has 1 aliphatic carbocycles. The number of nitrogens with one attached hydrogen (secondary N) is 1. The first kappa shape index (κ1) is 19.1. The Bertz CT molecular complexity index is 1090. The van der Waals surface area contributed by atoms with Gasteiger partial charge in [-0.15, -0.1) is 5.10 Å². The molecule has 0 unspecified atom stereocenters. The summed E-state index contributed by atoms with van der Waals surface area (Å²) in [5.74, 6) is -1.30. The van der Waals surface area contributed by atoms with Gasteiger partial charge in [0.25, 0.3) is 11.6 Å². The molecular formula is C18H17F3N6O2. The van der Waals surface area contributed by atoms with Crippen LogP contribution in [0.4, 0.5) is 19.0 Å². The van der Waals surface area contributed by atoms with E-state index in [1.807, 2.05) is 0 Å². The Kier molecular flexibility index (Phi) is 4.59. The Morgan fingerprint density at radius 1 is 1.28 bits per heavy atom. The second-order valence-electron chi connectivity index (χ2n) is 6.78. The molecule has 0 amide bonds. The summed E-state index contributed by atoms with van der Waals surface area (Å²) in [5.41, 5.74) is 2.26. The maximum atomic E-state index is 12.9. The Morgan fingerprint density at radius 3 is 2.69 bits per heavy atom. The first-order chi connectivity index (χ1) is 13.8. The van der Waals surface area contributed by atoms with Crippen molar-refractivity contribution in [2.75, 3.05) is 12.4 Å². The smallest absolute Gasteiger partial charge is 0.453 e. The number of rotatable bonds is 5. The van der Waals surface area contributed by atoms with Crippen molar-refractivity contribution in [1.29, 1.82) is 0 Å². The van der Waals surface area contributed by atoms with E-state index in [1.165, 1.54) is 7.11 Å². The fourth-order valence-electron chi connectivity index (χ4n) is 2.98. The van der Waals surface area contributed by atoms with Gasteiger partial charge >= 0.3 is 12.1 Å². The number of ether oxygens (including phenoxy) is 1. The number of nitrogens with zero attached hydrogens (tertiary/aromatic N) is 5. The van der Waals surface area contributed by atoms with Crippen LogP contribution in [0.5, 0.6) is 0 Å². The van der Waals surface area contributed by atoms with Gasteiger partial charge in [0.2, 0.25) is 0 Å². The Hall–Kier alpha value is -3.24. The van der Waals surface area contributed by atoms with Crippen LogP contribution >= 0.6 is 0 Å². The first-order valence-electron chi connectivity index (χ1n) is 8.90. The molecule has 8 nitrogen and oxygen atoms in total. The predicted octanol–water partition coefficient (Wildman–Crippen LogP) is 3.12. The number of esters is 1. The number of hydrogen-bond donors (Lipinski definition) is 1. The minimum atomic E-state index is -4.66. The van der Waals surface area contributed by atoms with Crippen LogP contribution in [0.15, 0.2) is 18.2 Å². The lowest BCUT2D eigenvalue weighted by molar-refractivity contribution is -0.144. The van der Waals surface area contributed by atoms with E-state index in [2.05, 4.69) is 25.4 Å². The van der Waals surface area contributed by atoms with Crippen LogP contribution in [-0.2, 0) is 17.5 Å². The van der Waals surface area contributed by atoms with E-state index in [0.29, 0.717) is 28.5 Å². The highest BCUT2D eigenvalue weighted by atomic mass is 19.4. The molecule has 3 aromatic rings. The summed E-state index contributed by atoms with van der Waals surface area (Å²) in [6, 6.07) is 4.92. The third-order valence-electron chi connectivity index (χ3n) is 4.50. The zero-order valence-electron chi connectivity index (χ0n) is 15.6. The van der Waals surface area contributed by atoms with E-state index in [1.54, 1.807) is 25.1 Å². The monoisotopic (exact) mass is 406 g/mol. The van der Waals surface area contributed by atoms with E-state index in [9.17, 15) is 18.0 Å². The van der Waals surface area contributed by atoms with Crippen LogP contribution in [0, 0.1) is 6.92 Å². The highest BCUT2D eigenvalue weighted by molar-refractivity contribution is 5.90. The van der Waals surface area contributed by atoms with Crippen molar-refractivity contribution in [3.8, 4) is 0 Å². The van der Waals surface area contributed by atoms with E-state index >= 15 is 0 Å². The van der Waals surface area contributed by atoms with Gasteiger partial charge in [-0.3, -0.25) is 4.98 Å². The van der Waals surface area contributed by atoms with Crippen molar-refractivity contribution < 1.29 is 22.7 Å². The van der Waals surface area contributed by atoms with Gasteiger partial charge in [0.05, 0.1) is 30.6 Å². The molecule has 11 heteroatoms. The molecule has 0 radical (unpaired) electrons. The minimum absolute atomic E-state index is 0.146. The largest absolute Gasteiger partial charge is 0.465 e. The van der Waals surface area contributed by atoms with Gasteiger partial charge in [0.15, 0.2) is 0 Å². The molecule has 0 bridgehead atoms. The summed E-state index contributed by atoms with van der Waals surface area (Å²) in [7, 11) is 1.32. The lowest BCUT2D eigenvalue weighted by Gasteiger charge is -2.11. The fraction of sp³-hybridized carbons (Fsp3) is 0.389. The molecule has 0 aliphatic heterocycles. The molecule has 0 spiro atoms. The van der Waals surface area contributed by atoms with Gasteiger partial charge in [-0.05, 0) is 31.9 Å². The third-order valence-corrected chi connectivity index (χ3v) is 4.50. The highest BCUT2D eigenvalue weighted by Gasteiger charge is 2.37. The standard InChI is InChI=1S/C18H17F3N6O2/c1-9-7-13(27-17(23-9)25-16(26-27)18(19,20)21)22-8-11-5-6-12(15(28)29-2)14(24-11)10-3-4-10/h5-7,10,22H,3-4,8H2,1-2H3. The van der Waals surface area contributed by atoms with Crippen molar-refractivity contribution in [1.82, 2.24) is 24.6 Å². The molecule has 29 heavy (non-hydrogen) atoms. The normalized spacial score (nSPS) is 14.2. The van der Waals surface area contributed by atoms with Crippen LogP contribution < -0.4 is 5.32 Å². The topological polar surface area (TPSA) is 94.3 Å². The average molecular weight is 406 g/mol. The van der Waals surface area contributed by atoms with Crippen molar-refractivity contribution >= 4 is 17.6 Å². The maximum Gasteiger partial charge on any atom is 0.453 e. The predicted molar refractivity (Wildman–Crippen MR) is 95.4 cm³/mol. The second kappa shape index (κ2) is 6.98. The number of halogens is 3. The average Bonchev–Trinajstić information content (AvgIpc) is 3.43. The van der Waals surface area contributed by atoms with Crippen LogP contribution in [-0.4, -0.2) is 37.6 Å². The zero-order chi connectivity index (χ0) is 20.8. The van der Waals surface area contributed by atoms with Crippen molar-refractivity contribution in [3.05, 3.63) is 46.7 Å². The first-order valence-corrected chi connectivity index (χ1v) is 8.90. The maximum absolute atomic E-state index is 12.9. The molecule has 0 atom stereocenters. The Labute approximate surface area is 163 Å². The van der Waals surface area contributed by atoms with E-state index in [-0.39, 0.29) is 18.2 Å². The van der Waals surface area contributed by atoms with E-state index < -0.39 is 18.0 Å². The molecule has 1 N–H and O–H groups in total. The van der Waals surface area contributed by atoms with Crippen LogP contribution in [0.3, 0.4) is 0 Å². The van der Waals surface area contributed by atoms with Gasteiger partial charge in [-0.25, -0.2) is 9.78 Å². The number of aromatic nitrogens is 5. The number of methoxy groups -OCH3 is 1. The number of carbonyl (C=O) groups is 1. The van der Waals surface area contributed by atoms with Gasteiger partial charge in [-0.2, -0.15) is 22.7 Å². The molecular weight excluding hydrogens is 389 g/mol. The molecule has 1 aliphatic rings. The van der Waals surface area contributed by atoms with Crippen molar-refractivity contribution in [2.45, 2.75) is 38.4 Å².